The molecule has 4 heteroatoms. The number of piperazine rings is 1. The summed E-state index contributed by atoms with van der Waals surface area (Å²) in [4.78, 5) is 14.7. The molecular formula is C18H20N4. The Labute approximate surface area is 130 Å². The minimum absolute atomic E-state index is 0.0381. The average molecular weight is 292 g/mol. The molecule has 0 aromatic heterocycles. The van der Waals surface area contributed by atoms with Crippen molar-refractivity contribution >= 4 is 11.5 Å². The average Bonchev–Trinajstić information content (AvgIpc) is 2.72. The fourth-order valence-corrected chi connectivity index (χ4v) is 3.10. The zero-order valence-corrected chi connectivity index (χ0v) is 12.8. The summed E-state index contributed by atoms with van der Waals surface area (Å²) in [6, 6.07) is 8.40. The van der Waals surface area contributed by atoms with E-state index in [-0.39, 0.29) is 6.04 Å². The lowest BCUT2D eigenvalue weighted by atomic mass is 10.1. The van der Waals surface area contributed by atoms with Gasteiger partial charge in [-0.05, 0) is 25.3 Å². The van der Waals surface area contributed by atoms with Crippen molar-refractivity contribution in [1.82, 2.24) is 9.80 Å². The van der Waals surface area contributed by atoms with Gasteiger partial charge in [0.05, 0.1) is 11.1 Å². The molecular weight excluding hydrogens is 272 g/mol. The minimum atomic E-state index is 0.0381. The Hall–Kier alpha value is -2.20. The number of para-hydroxylation sites is 1. The standard InChI is InChI=1S/C18H20N4/c1-21-10-12-22(13-11-21)18-14-6-2-3-7-15(14)19-16-8-4-5-9-17(16)20-18/h2-9,16H,10-13H2,1H3. The first-order valence-corrected chi connectivity index (χ1v) is 7.85. The molecule has 1 fully saturated rings. The molecule has 0 saturated carbocycles. The zero-order valence-electron chi connectivity index (χ0n) is 12.8. The highest BCUT2D eigenvalue weighted by Gasteiger charge is 2.21. The highest BCUT2D eigenvalue weighted by Crippen LogP contribution is 2.15. The molecule has 2 aliphatic heterocycles. The SMILES string of the molecule is CN1CCN(C2=c3ccccc3=NC3C=CC=CC3=N2)CC1. The van der Waals surface area contributed by atoms with Crippen LogP contribution in [0.5, 0.6) is 0 Å². The monoisotopic (exact) mass is 292 g/mol. The highest BCUT2D eigenvalue weighted by atomic mass is 15.3. The molecule has 0 N–H and O–H groups in total. The van der Waals surface area contributed by atoms with Crippen molar-refractivity contribution in [2.75, 3.05) is 33.2 Å². The number of likely N-dealkylation sites (N-methyl/N-ethyl adjacent to an activating group) is 1. The molecule has 2 heterocycles. The van der Waals surface area contributed by atoms with Crippen molar-refractivity contribution < 1.29 is 0 Å². The zero-order chi connectivity index (χ0) is 14.9. The number of allylic oxidation sites excluding steroid dienone is 2. The van der Waals surface area contributed by atoms with Gasteiger partial charge >= 0.3 is 0 Å². The summed E-state index contributed by atoms with van der Waals surface area (Å²) >= 11 is 0. The number of benzene rings is 1. The van der Waals surface area contributed by atoms with Crippen molar-refractivity contribution in [3.63, 3.8) is 0 Å². The summed E-state index contributed by atoms with van der Waals surface area (Å²) in [6.07, 6.45) is 8.29. The van der Waals surface area contributed by atoms with Gasteiger partial charge in [-0.25, -0.2) is 4.99 Å². The van der Waals surface area contributed by atoms with Gasteiger partial charge in [0.1, 0.15) is 11.9 Å². The van der Waals surface area contributed by atoms with E-state index < -0.39 is 0 Å². The van der Waals surface area contributed by atoms with Crippen LogP contribution in [0, 0.1) is 0 Å². The Bertz CT molecular complexity index is 780. The molecule has 1 aromatic carbocycles. The number of rotatable bonds is 1. The van der Waals surface area contributed by atoms with E-state index in [1.165, 1.54) is 0 Å². The van der Waals surface area contributed by atoms with Gasteiger partial charge in [0.25, 0.3) is 0 Å². The number of nitrogens with zero attached hydrogens (tertiary/aromatic N) is 4. The van der Waals surface area contributed by atoms with E-state index in [1.807, 2.05) is 6.08 Å². The Morgan fingerprint density at radius 3 is 2.73 bits per heavy atom. The molecule has 22 heavy (non-hydrogen) atoms. The van der Waals surface area contributed by atoms with Crippen LogP contribution in [0.4, 0.5) is 0 Å². The summed E-state index contributed by atoms with van der Waals surface area (Å²) in [5.74, 6) is 1.07. The maximum Gasteiger partial charge on any atom is 0.138 e. The second kappa shape index (κ2) is 5.54. The van der Waals surface area contributed by atoms with Gasteiger partial charge in [-0.3, -0.25) is 4.99 Å². The van der Waals surface area contributed by atoms with E-state index in [9.17, 15) is 0 Å². The van der Waals surface area contributed by atoms with E-state index in [0.29, 0.717) is 0 Å². The van der Waals surface area contributed by atoms with Crippen LogP contribution in [-0.4, -0.2) is 54.8 Å². The van der Waals surface area contributed by atoms with Gasteiger partial charge in [-0.2, -0.15) is 0 Å². The number of fused-ring (bicyclic) bond motifs is 2. The third-order valence-corrected chi connectivity index (χ3v) is 4.44. The number of aliphatic imine (C=N–C) groups is 1. The van der Waals surface area contributed by atoms with Crippen LogP contribution >= 0.6 is 0 Å². The molecule has 0 amide bonds. The fourth-order valence-electron chi connectivity index (χ4n) is 3.10. The lowest BCUT2D eigenvalue weighted by molar-refractivity contribution is 0.204. The van der Waals surface area contributed by atoms with Crippen LogP contribution in [0.25, 0.3) is 5.82 Å². The lowest BCUT2D eigenvalue weighted by Crippen LogP contribution is -2.45. The fraction of sp³-hybridized carbons (Fsp3) is 0.333. The maximum atomic E-state index is 5.00. The van der Waals surface area contributed by atoms with Gasteiger partial charge in [0.2, 0.25) is 0 Å². The molecule has 4 nitrogen and oxygen atoms in total. The highest BCUT2D eigenvalue weighted by molar-refractivity contribution is 6.04. The maximum absolute atomic E-state index is 5.00. The van der Waals surface area contributed by atoms with Crippen LogP contribution in [0.15, 0.2) is 58.6 Å². The van der Waals surface area contributed by atoms with Crippen molar-refractivity contribution in [2.24, 2.45) is 9.98 Å². The van der Waals surface area contributed by atoms with Crippen LogP contribution in [-0.2, 0) is 0 Å². The van der Waals surface area contributed by atoms with Crippen LogP contribution in [0.2, 0.25) is 0 Å². The topological polar surface area (TPSA) is 31.2 Å². The molecule has 1 saturated heterocycles. The van der Waals surface area contributed by atoms with Crippen molar-refractivity contribution in [3.05, 3.63) is 59.1 Å². The predicted molar refractivity (Wildman–Crippen MR) is 89.2 cm³/mol. The quantitative estimate of drug-likeness (QED) is 0.758. The lowest BCUT2D eigenvalue weighted by Gasteiger charge is -2.34. The molecule has 0 spiro atoms. The minimum Gasteiger partial charge on any atom is -0.353 e. The molecule has 3 aliphatic rings. The first-order chi connectivity index (χ1) is 10.8. The molecule has 1 aliphatic carbocycles. The molecule has 0 bridgehead atoms. The van der Waals surface area contributed by atoms with Crippen LogP contribution in [0.3, 0.4) is 0 Å². The Morgan fingerprint density at radius 1 is 1.05 bits per heavy atom. The first kappa shape index (κ1) is 13.5. The molecule has 0 radical (unpaired) electrons. The summed E-state index contributed by atoms with van der Waals surface area (Å²) in [6.45, 7) is 4.18. The normalized spacial score (nSPS) is 24.2. The van der Waals surface area contributed by atoms with Gasteiger partial charge in [-0.1, -0.05) is 30.4 Å². The van der Waals surface area contributed by atoms with E-state index >= 15 is 0 Å². The molecule has 112 valence electrons. The second-order valence-corrected chi connectivity index (χ2v) is 5.99. The third kappa shape index (κ3) is 2.40. The summed E-state index contributed by atoms with van der Waals surface area (Å²) in [5, 5.41) is 2.19. The van der Waals surface area contributed by atoms with Crippen molar-refractivity contribution in [2.45, 2.75) is 6.04 Å². The largest absolute Gasteiger partial charge is 0.353 e. The van der Waals surface area contributed by atoms with E-state index in [1.54, 1.807) is 0 Å². The van der Waals surface area contributed by atoms with E-state index in [0.717, 1.165) is 48.3 Å². The number of hydrogen-bond donors (Lipinski definition) is 0. The summed E-state index contributed by atoms with van der Waals surface area (Å²) < 4.78 is 0. The smallest absolute Gasteiger partial charge is 0.138 e. The number of hydrogen-bond acceptors (Lipinski definition) is 4. The summed E-state index contributed by atoms with van der Waals surface area (Å²) in [7, 11) is 2.18. The van der Waals surface area contributed by atoms with Gasteiger partial charge < -0.3 is 9.80 Å². The van der Waals surface area contributed by atoms with Crippen molar-refractivity contribution in [3.8, 4) is 0 Å². The second-order valence-electron chi connectivity index (χ2n) is 5.99. The molecule has 1 atom stereocenters. The third-order valence-electron chi connectivity index (χ3n) is 4.44. The predicted octanol–water partition coefficient (Wildman–Crippen LogP) is 0.568. The Morgan fingerprint density at radius 2 is 1.86 bits per heavy atom. The van der Waals surface area contributed by atoms with Gasteiger partial charge in [-0.15, -0.1) is 0 Å². The molecule has 1 unspecified atom stereocenters. The van der Waals surface area contributed by atoms with Crippen LogP contribution < -0.4 is 10.6 Å². The molecule has 1 aromatic rings. The van der Waals surface area contributed by atoms with Gasteiger partial charge in [0.15, 0.2) is 0 Å². The summed E-state index contributed by atoms with van der Waals surface area (Å²) in [5.41, 5.74) is 1.03. The van der Waals surface area contributed by atoms with E-state index in [2.05, 4.69) is 59.3 Å². The van der Waals surface area contributed by atoms with Gasteiger partial charge in [0, 0.05) is 31.4 Å². The molecule has 4 rings (SSSR count). The Balaban J connectivity index is 1.88. The van der Waals surface area contributed by atoms with E-state index in [4.69, 9.17) is 9.98 Å². The van der Waals surface area contributed by atoms with Crippen LogP contribution in [0.1, 0.15) is 0 Å². The van der Waals surface area contributed by atoms with Crippen molar-refractivity contribution in [1.29, 1.82) is 0 Å². The Kier molecular flexibility index (Phi) is 3.39. The first-order valence-electron chi connectivity index (χ1n) is 7.85.